The van der Waals surface area contributed by atoms with Gasteiger partial charge in [0.15, 0.2) is 0 Å². The van der Waals surface area contributed by atoms with Crippen molar-refractivity contribution in [3.63, 3.8) is 0 Å². The molecule has 14 heavy (non-hydrogen) atoms. The summed E-state index contributed by atoms with van der Waals surface area (Å²) in [4.78, 5) is 0. The van der Waals surface area contributed by atoms with Crippen LogP contribution in [0.3, 0.4) is 0 Å². The van der Waals surface area contributed by atoms with E-state index >= 15 is 0 Å². The standard InChI is InChI=1S/C8H7.C5H5.Co/c1-2-4-6-8-7-5-3-1;1-2-4-5-3-1;/h1-7H;1-3H,4H2;/q2*-1;+2/b2-1-,3-1?,4-2?,5-3-,6-4?,7-5?;;. The van der Waals surface area contributed by atoms with Crippen LogP contribution in [0.2, 0.25) is 0 Å². The first-order chi connectivity index (χ1) is 6.50. The van der Waals surface area contributed by atoms with Crippen molar-refractivity contribution in [2.75, 3.05) is 0 Å². The molecule has 0 nitrogen and oxygen atoms in total. The van der Waals surface area contributed by atoms with Crippen molar-refractivity contribution >= 4 is 0 Å². The van der Waals surface area contributed by atoms with Crippen molar-refractivity contribution in [3.05, 3.63) is 72.9 Å². The maximum Gasteiger partial charge on any atom is 2.00 e. The smallest absolute Gasteiger partial charge is 0.273 e. The molecule has 1 radical (unpaired) electrons. The summed E-state index contributed by atoms with van der Waals surface area (Å²) < 4.78 is 0. The van der Waals surface area contributed by atoms with E-state index in [-0.39, 0.29) is 16.8 Å². The monoisotopic (exact) mass is 227 g/mol. The van der Waals surface area contributed by atoms with E-state index in [1.165, 1.54) is 0 Å². The Morgan fingerprint density at radius 2 is 1.57 bits per heavy atom. The van der Waals surface area contributed by atoms with Gasteiger partial charge in [0.05, 0.1) is 0 Å². The first-order valence-corrected chi connectivity index (χ1v) is 4.29. The molecule has 0 spiro atoms. The molecule has 0 heterocycles. The molecule has 2 rings (SSSR count). The summed E-state index contributed by atoms with van der Waals surface area (Å²) in [5.41, 5.74) is 0. The fourth-order valence-corrected chi connectivity index (χ4v) is 0.810. The van der Waals surface area contributed by atoms with Gasteiger partial charge in [-0.1, -0.05) is 6.08 Å². The Bertz CT molecular complexity index is 222. The fourth-order valence-electron chi connectivity index (χ4n) is 0.810. The summed E-state index contributed by atoms with van der Waals surface area (Å²) in [5, 5.41) is 0. The van der Waals surface area contributed by atoms with Gasteiger partial charge in [0.2, 0.25) is 0 Å². The van der Waals surface area contributed by atoms with Gasteiger partial charge in [-0.3, -0.25) is 6.08 Å². The molecule has 0 aromatic carbocycles. The van der Waals surface area contributed by atoms with Gasteiger partial charge in [0.1, 0.15) is 0 Å². The Kier molecular flexibility index (Phi) is 9.28. The third-order valence-electron chi connectivity index (χ3n) is 1.42. The fraction of sp³-hybridized carbons (Fsp3) is 0.0769. The Morgan fingerprint density at radius 3 is 2.21 bits per heavy atom. The Labute approximate surface area is 96.3 Å². The molecule has 0 N–H and O–H groups in total. The van der Waals surface area contributed by atoms with E-state index in [1.54, 1.807) is 0 Å². The molecule has 0 unspecified atom stereocenters. The molecule has 0 aliphatic heterocycles. The van der Waals surface area contributed by atoms with Gasteiger partial charge in [-0.25, -0.2) is 12.2 Å². The number of allylic oxidation sites excluding steroid dienone is 12. The molecule has 1 heteroatoms. The maximum absolute atomic E-state index is 2.99. The first kappa shape index (κ1) is 12.9. The van der Waals surface area contributed by atoms with Gasteiger partial charge in [-0.05, 0) is 0 Å². The van der Waals surface area contributed by atoms with Crippen molar-refractivity contribution in [2.45, 2.75) is 6.42 Å². The minimum absolute atomic E-state index is 0. The summed E-state index contributed by atoms with van der Waals surface area (Å²) in [6.45, 7) is 0. The summed E-state index contributed by atoms with van der Waals surface area (Å²) in [6.07, 6.45) is 26.5. The quantitative estimate of drug-likeness (QED) is 0.557. The van der Waals surface area contributed by atoms with Crippen LogP contribution in [-0.4, -0.2) is 0 Å². The van der Waals surface area contributed by atoms with Crippen LogP contribution < -0.4 is 0 Å². The molecule has 2 aliphatic rings. The Balaban J connectivity index is 0.000000246. The number of rotatable bonds is 0. The van der Waals surface area contributed by atoms with E-state index in [0.29, 0.717) is 0 Å². The molecule has 0 saturated heterocycles. The zero-order chi connectivity index (χ0) is 9.19. The van der Waals surface area contributed by atoms with E-state index in [1.807, 2.05) is 54.7 Å². The SMILES string of the molecule is [C-]1=C/C=C\C=C/C=C1.[C-]1=CC=CC1.[Co+2]. The van der Waals surface area contributed by atoms with E-state index < -0.39 is 0 Å². The van der Waals surface area contributed by atoms with E-state index in [2.05, 4.69) is 18.2 Å². The van der Waals surface area contributed by atoms with Crippen molar-refractivity contribution in [1.82, 2.24) is 0 Å². The predicted octanol–water partition coefficient (Wildman–Crippen LogP) is 3.33. The second kappa shape index (κ2) is 10.0. The van der Waals surface area contributed by atoms with Gasteiger partial charge >= 0.3 is 16.8 Å². The molecule has 73 valence electrons. The van der Waals surface area contributed by atoms with Gasteiger partial charge in [-0.2, -0.15) is 36.5 Å². The van der Waals surface area contributed by atoms with Crippen LogP contribution in [0.25, 0.3) is 0 Å². The molecular weight excluding hydrogens is 215 g/mol. The molecule has 0 aromatic heterocycles. The summed E-state index contributed by atoms with van der Waals surface area (Å²) in [7, 11) is 0. The van der Waals surface area contributed by atoms with Crippen LogP contribution in [-0.2, 0) is 16.8 Å². The zero-order valence-corrected chi connectivity index (χ0v) is 8.85. The topological polar surface area (TPSA) is 0 Å². The van der Waals surface area contributed by atoms with Crippen LogP contribution in [0.1, 0.15) is 6.42 Å². The molecule has 0 amide bonds. The largest absolute Gasteiger partial charge is 2.00 e. The summed E-state index contributed by atoms with van der Waals surface area (Å²) in [6, 6.07) is 0. The van der Waals surface area contributed by atoms with E-state index in [4.69, 9.17) is 0 Å². The van der Waals surface area contributed by atoms with Crippen LogP contribution in [0, 0.1) is 12.2 Å². The second-order valence-corrected chi connectivity index (χ2v) is 2.47. The van der Waals surface area contributed by atoms with Crippen molar-refractivity contribution in [1.29, 1.82) is 0 Å². The van der Waals surface area contributed by atoms with Gasteiger partial charge in [0.25, 0.3) is 0 Å². The second-order valence-electron chi connectivity index (χ2n) is 2.47. The number of hydrogen-bond donors (Lipinski definition) is 0. The van der Waals surface area contributed by atoms with Crippen molar-refractivity contribution in [2.24, 2.45) is 0 Å². The first-order valence-electron chi connectivity index (χ1n) is 4.29. The van der Waals surface area contributed by atoms with E-state index in [0.717, 1.165) is 6.42 Å². The van der Waals surface area contributed by atoms with Crippen molar-refractivity contribution < 1.29 is 16.8 Å². The summed E-state index contributed by atoms with van der Waals surface area (Å²) >= 11 is 0. The van der Waals surface area contributed by atoms with E-state index in [9.17, 15) is 0 Å². The molecular formula is C13H12Co. The molecule has 2 aliphatic carbocycles. The zero-order valence-electron chi connectivity index (χ0n) is 7.81. The third-order valence-corrected chi connectivity index (χ3v) is 1.42. The average molecular weight is 227 g/mol. The molecule has 0 fully saturated rings. The van der Waals surface area contributed by atoms with Gasteiger partial charge < -0.3 is 0 Å². The summed E-state index contributed by atoms with van der Waals surface area (Å²) in [5.74, 6) is 0. The number of hydrogen-bond acceptors (Lipinski definition) is 0. The Hall–Kier alpha value is -1.05. The molecule has 0 bridgehead atoms. The average Bonchev–Trinajstić information content (AvgIpc) is 2.58. The Morgan fingerprint density at radius 1 is 0.786 bits per heavy atom. The molecule has 0 atom stereocenters. The minimum Gasteiger partial charge on any atom is -0.273 e. The maximum atomic E-state index is 2.99. The predicted molar refractivity (Wildman–Crippen MR) is 56.8 cm³/mol. The molecule has 0 aromatic rings. The van der Waals surface area contributed by atoms with Crippen LogP contribution in [0.15, 0.2) is 60.8 Å². The normalized spacial score (nSPS) is 20.0. The third kappa shape index (κ3) is 7.59. The van der Waals surface area contributed by atoms with Gasteiger partial charge in [-0.15, -0.1) is 18.6 Å². The van der Waals surface area contributed by atoms with Crippen LogP contribution in [0.4, 0.5) is 0 Å². The molecule has 0 saturated carbocycles. The van der Waals surface area contributed by atoms with Gasteiger partial charge in [0, 0.05) is 0 Å². The van der Waals surface area contributed by atoms with Crippen LogP contribution in [0.5, 0.6) is 0 Å². The van der Waals surface area contributed by atoms with Crippen LogP contribution >= 0.6 is 0 Å². The van der Waals surface area contributed by atoms with Crippen molar-refractivity contribution in [3.8, 4) is 0 Å². The minimum atomic E-state index is 0.